The third-order valence-electron chi connectivity index (χ3n) is 19.3. The molecule has 8 aliphatic rings. The van der Waals surface area contributed by atoms with Crippen LogP contribution in [0.25, 0.3) is 0 Å². The van der Waals surface area contributed by atoms with E-state index in [0.29, 0.717) is 43.9 Å². The summed E-state index contributed by atoms with van der Waals surface area (Å²) < 4.78 is 159. The zero-order chi connectivity index (χ0) is 62.1. The SMILES string of the molecule is C[C@H]1CN([C@@H]2CC[C@@](C(=O)N3COc4c(F)cc(C(F)(F)F)cc4C3)(C3CC3)OC2)CC[C@@H]1c1cccc(C(=O)O)c1.C[C@H]1CN([C@@H]2CC[C@@](C(=O)N3COc4c(cc(C(F)(F)F)cc4C(F)(F)F)C3)(C3CC3)OC2)CC[C@@H]1c1cccc(C(=O)O)c1. The van der Waals surface area contributed by atoms with Gasteiger partial charge in [-0.25, -0.2) is 14.0 Å². The molecule has 2 amide bonds. The van der Waals surface area contributed by atoms with Gasteiger partial charge in [0.2, 0.25) is 0 Å². The summed E-state index contributed by atoms with van der Waals surface area (Å²) in [5.74, 6) is -3.74. The van der Waals surface area contributed by atoms with Crippen LogP contribution in [0, 0.1) is 29.5 Å². The predicted octanol–water partition coefficient (Wildman–Crippen LogP) is 12.2. The molecule has 12 rings (SSSR count). The van der Waals surface area contributed by atoms with Gasteiger partial charge in [-0.05, 0) is 172 Å². The molecule has 87 heavy (non-hydrogen) atoms. The molecule has 2 saturated carbocycles. The maximum atomic E-state index is 14.4. The van der Waals surface area contributed by atoms with E-state index in [1.807, 2.05) is 12.1 Å². The van der Waals surface area contributed by atoms with Crippen molar-refractivity contribution in [2.75, 3.05) is 52.9 Å². The van der Waals surface area contributed by atoms with Crippen molar-refractivity contribution in [1.82, 2.24) is 19.6 Å². The van der Waals surface area contributed by atoms with Crippen LogP contribution in [0.5, 0.6) is 11.5 Å². The molecule has 8 atom stereocenters. The van der Waals surface area contributed by atoms with Gasteiger partial charge in [0, 0.05) is 36.3 Å². The third kappa shape index (κ3) is 12.8. The van der Waals surface area contributed by atoms with Crippen LogP contribution in [-0.4, -0.2) is 130 Å². The van der Waals surface area contributed by atoms with Gasteiger partial charge < -0.3 is 39.0 Å². The summed E-state index contributed by atoms with van der Waals surface area (Å²) >= 11 is 0. The van der Waals surface area contributed by atoms with Gasteiger partial charge >= 0.3 is 30.5 Å². The molecule has 2 aliphatic carbocycles. The summed E-state index contributed by atoms with van der Waals surface area (Å²) in [5.41, 5.74) is -4.11. The molecule has 470 valence electrons. The monoisotopic (exact) mass is 1230 g/mol. The van der Waals surface area contributed by atoms with Gasteiger partial charge in [0.05, 0.1) is 54.1 Å². The summed E-state index contributed by atoms with van der Waals surface area (Å²) in [6.07, 6.45) is -7.63. The van der Waals surface area contributed by atoms with E-state index in [0.717, 1.165) is 88.3 Å². The van der Waals surface area contributed by atoms with Gasteiger partial charge in [0.15, 0.2) is 25.0 Å². The molecule has 6 heterocycles. The highest BCUT2D eigenvalue weighted by Crippen LogP contribution is 2.52. The quantitative estimate of drug-likeness (QED) is 0.145. The molecule has 0 unspecified atom stereocenters. The molecule has 0 spiro atoms. The summed E-state index contributed by atoms with van der Waals surface area (Å²) in [4.78, 5) is 58.0. The van der Waals surface area contributed by atoms with E-state index in [4.69, 9.17) is 18.9 Å². The Bertz CT molecular complexity index is 3260. The lowest BCUT2D eigenvalue weighted by Gasteiger charge is -2.47. The van der Waals surface area contributed by atoms with Gasteiger partial charge in [-0.1, -0.05) is 38.1 Å². The van der Waals surface area contributed by atoms with Crippen molar-refractivity contribution in [3.8, 4) is 11.5 Å². The number of benzene rings is 4. The van der Waals surface area contributed by atoms with Crippen molar-refractivity contribution in [3.05, 3.63) is 129 Å². The van der Waals surface area contributed by atoms with Gasteiger partial charge in [-0.2, -0.15) is 39.5 Å². The molecule has 24 heteroatoms. The molecule has 2 N–H and O–H groups in total. The highest BCUT2D eigenvalue weighted by atomic mass is 19.4. The fourth-order valence-corrected chi connectivity index (χ4v) is 14.4. The number of aromatic carboxylic acids is 2. The highest BCUT2D eigenvalue weighted by molar-refractivity contribution is 5.89. The van der Waals surface area contributed by atoms with Gasteiger partial charge in [-0.3, -0.25) is 19.4 Å². The van der Waals surface area contributed by atoms with Crippen molar-refractivity contribution < 1.29 is 92.2 Å². The van der Waals surface area contributed by atoms with E-state index in [2.05, 4.69) is 23.6 Å². The Morgan fingerprint density at radius 3 is 1.34 bits per heavy atom. The second-order valence-electron chi connectivity index (χ2n) is 24.9. The van der Waals surface area contributed by atoms with E-state index < -0.39 is 89.1 Å². The molecule has 0 aromatic heterocycles. The average molecular weight is 1230 g/mol. The van der Waals surface area contributed by atoms with E-state index in [-0.39, 0.29) is 102 Å². The first kappa shape index (κ1) is 62.1. The maximum Gasteiger partial charge on any atom is 0.419 e. The number of nitrogens with zero attached hydrogens (tertiary/aromatic N) is 4. The van der Waals surface area contributed by atoms with Gasteiger partial charge in [0.25, 0.3) is 11.8 Å². The van der Waals surface area contributed by atoms with E-state index in [9.17, 15) is 73.3 Å². The van der Waals surface area contributed by atoms with Gasteiger partial charge in [0.1, 0.15) is 17.0 Å². The van der Waals surface area contributed by atoms with Crippen LogP contribution in [0.1, 0.15) is 150 Å². The number of carboxylic acid groups (broad SMARTS) is 2. The lowest BCUT2D eigenvalue weighted by atomic mass is 9.79. The first-order chi connectivity index (χ1) is 41.1. The number of carboxylic acids is 2. The summed E-state index contributed by atoms with van der Waals surface area (Å²) in [5, 5.41) is 18.8. The van der Waals surface area contributed by atoms with Crippen molar-refractivity contribution in [2.45, 2.75) is 145 Å². The maximum absolute atomic E-state index is 14.4. The van der Waals surface area contributed by atoms with Crippen LogP contribution in [-0.2, 0) is 50.7 Å². The molecule has 4 aromatic carbocycles. The molecule has 6 aliphatic heterocycles. The second kappa shape index (κ2) is 23.8. The van der Waals surface area contributed by atoms with Crippen molar-refractivity contribution in [1.29, 1.82) is 0 Å². The molecule has 14 nitrogen and oxygen atoms in total. The third-order valence-corrected chi connectivity index (χ3v) is 19.3. The number of rotatable bonds is 10. The zero-order valence-electron chi connectivity index (χ0n) is 47.9. The topological polar surface area (TPSA) is 159 Å². The minimum Gasteiger partial charge on any atom is -0.478 e. The molecule has 6 fully saturated rings. The molecular formula is C63H68F10N4O10. The number of halogens is 10. The van der Waals surface area contributed by atoms with Crippen molar-refractivity contribution >= 4 is 23.8 Å². The molecule has 0 bridgehead atoms. The smallest absolute Gasteiger partial charge is 0.419 e. The van der Waals surface area contributed by atoms with Crippen LogP contribution in [0.3, 0.4) is 0 Å². The Morgan fingerprint density at radius 1 is 0.540 bits per heavy atom. The predicted molar refractivity (Wildman–Crippen MR) is 292 cm³/mol. The zero-order valence-corrected chi connectivity index (χ0v) is 47.9. The largest absolute Gasteiger partial charge is 0.478 e. The summed E-state index contributed by atoms with van der Waals surface area (Å²) in [6, 6.07) is 16.3. The van der Waals surface area contributed by atoms with Crippen LogP contribution < -0.4 is 9.47 Å². The standard InChI is InChI=1S/C32H34F6N2O5.C31H34F4N2O5/c1-18-14-39(10-8-25(18)19-3-2-4-20(11-19)28(41)42)24-7-9-30(45-16-24,22-5-6-22)29(43)40-15-21-12-23(31(33,34)35)13-26(32(36,37)38)27(21)44-17-40;1-18-14-36(10-8-25(18)19-3-2-4-20(11-19)28(38)39)24-7-9-30(42-16-24,22-5-6-22)29(40)37-15-21-12-23(31(33,34)35)13-26(32)27(21)41-17-37/h2-4,11-13,18,22,24-25H,5-10,14-17H2,1H3,(H,41,42);2-4,11-13,18,22,24-25H,5-10,14-17H2,1H3,(H,38,39)/t2*18-,24+,25-,30-/m00/s1. The Labute approximate surface area is 495 Å². The van der Waals surface area contributed by atoms with Crippen molar-refractivity contribution in [2.24, 2.45) is 23.7 Å². The lowest BCUT2D eigenvalue weighted by molar-refractivity contribution is -0.181. The number of hydrogen-bond donors (Lipinski definition) is 2. The lowest BCUT2D eigenvalue weighted by Crippen LogP contribution is -2.59. The first-order valence-corrected chi connectivity index (χ1v) is 29.6. The molecule has 4 saturated heterocycles. The highest BCUT2D eigenvalue weighted by Gasteiger charge is 2.58. The van der Waals surface area contributed by atoms with E-state index in [1.165, 1.54) is 9.80 Å². The number of carbonyl (C=O) groups is 4. The fourth-order valence-electron chi connectivity index (χ4n) is 14.4. The molecule has 0 radical (unpaired) electrons. The second-order valence-corrected chi connectivity index (χ2v) is 24.9. The normalized spacial score (nSPS) is 28.2. The number of likely N-dealkylation sites (tertiary alicyclic amines) is 2. The first-order valence-electron chi connectivity index (χ1n) is 29.6. The Kier molecular flexibility index (Phi) is 17.0. The number of carbonyl (C=O) groups excluding carboxylic acids is 2. The van der Waals surface area contributed by atoms with E-state index in [1.54, 1.807) is 36.4 Å². The Morgan fingerprint density at radius 2 is 0.966 bits per heavy atom. The molecule has 4 aromatic rings. The fraction of sp³-hybridized carbons (Fsp3) is 0.556. The number of amides is 2. The Balaban J connectivity index is 0.000000181. The summed E-state index contributed by atoms with van der Waals surface area (Å²) in [7, 11) is 0. The average Bonchev–Trinajstić information content (AvgIpc) is 1.86. The number of alkyl halides is 9. The van der Waals surface area contributed by atoms with Crippen LogP contribution in [0.4, 0.5) is 43.9 Å². The number of piperidine rings is 2. The Hall–Kier alpha value is -6.50. The van der Waals surface area contributed by atoms with Crippen molar-refractivity contribution in [3.63, 3.8) is 0 Å². The minimum atomic E-state index is -5.07. The molecular weight excluding hydrogens is 1160 g/mol. The van der Waals surface area contributed by atoms with Crippen LogP contribution in [0.2, 0.25) is 0 Å². The summed E-state index contributed by atoms with van der Waals surface area (Å²) in [6.45, 7) is 6.74. The van der Waals surface area contributed by atoms with Crippen LogP contribution >= 0.6 is 0 Å². The number of hydrogen-bond acceptors (Lipinski definition) is 10. The number of ether oxygens (including phenoxy) is 4. The minimum absolute atomic E-state index is 0.00712. The number of fused-ring (bicyclic) bond motifs is 2. The van der Waals surface area contributed by atoms with Crippen LogP contribution in [0.15, 0.2) is 72.8 Å². The van der Waals surface area contributed by atoms with Gasteiger partial charge in [-0.15, -0.1) is 0 Å². The van der Waals surface area contributed by atoms with E-state index >= 15 is 0 Å².